The molecule has 0 unspecified atom stereocenters. The van der Waals surface area contributed by atoms with E-state index in [2.05, 4.69) is 33.5 Å². The van der Waals surface area contributed by atoms with E-state index in [-0.39, 0.29) is 6.10 Å². The van der Waals surface area contributed by atoms with Crippen molar-refractivity contribution >= 4 is 16.7 Å². The molecule has 0 aliphatic rings. The van der Waals surface area contributed by atoms with Gasteiger partial charge in [-0.15, -0.1) is 0 Å². The van der Waals surface area contributed by atoms with Crippen LogP contribution in [0.2, 0.25) is 0 Å². The fraction of sp³-hybridized carbons (Fsp3) is 0.263. The van der Waals surface area contributed by atoms with Gasteiger partial charge in [-0.3, -0.25) is 0 Å². The molecule has 2 aromatic carbocycles. The first-order valence-electron chi connectivity index (χ1n) is 7.83. The topological polar surface area (TPSA) is 47.0 Å². The Labute approximate surface area is 136 Å². The van der Waals surface area contributed by atoms with Gasteiger partial charge in [-0.2, -0.15) is 0 Å². The molecule has 1 N–H and O–H groups in total. The first-order chi connectivity index (χ1) is 11.1. The van der Waals surface area contributed by atoms with Gasteiger partial charge in [0.15, 0.2) is 0 Å². The molecular weight excluding hydrogens is 286 g/mol. The third-order valence-corrected chi connectivity index (χ3v) is 3.56. The Balaban J connectivity index is 1.94. The van der Waals surface area contributed by atoms with E-state index in [4.69, 9.17) is 4.74 Å². The van der Waals surface area contributed by atoms with Crippen LogP contribution in [0.25, 0.3) is 10.8 Å². The number of aryl methyl sites for hydroxylation is 1. The van der Waals surface area contributed by atoms with Crippen molar-refractivity contribution in [3.05, 3.63) is 59.9 Å². The minimum absolute atomic E-state index is 0.130. The lowest BCUT2D eigenvalue weighted by molar-refractivity contribution is 0.240. The molecule has 0 saturated carbocycles. The number of ether oxygens (including phenoxy) is 1. The lowest BCUT2D eigenvalue weighted by atomic mass is 10.0. The maximum Gasteiger partial charge on any atom is 0.222 e. The van der Waals surface area contributed by atoms with Gasteiger partial charge in [0.05, 0.1) is 6.10 Å². The van der Waals surface area contributed by atoms with Gasteiger partial charge in [-0.25, -0.2) is 9.97 Å². The zero-order chi connectivity index (χ0) is 16.2. The fourth-order valence-electron chi connectivity index (χ4n) is 2.51. The first-order valence-corrected chi connectivity index (χ1v) is 7.83. The van der Waals surface area contributed by atoms with E-state index in [0.717, 1.165) is 16.9 Å². The van der Waals surface area contributed by atoms with Crippen molar-refractivity contribution in [1.29, 1.82) is 0 Å². The van der Waals surface area contributed by atoms with Crippen molar-refractivity contribution in [2.24, 2.45) is 0 Å². The highest BCUT2D eigenvalue weighted by Gasteiger charge is 2.10. The van der Waals surface area contributed by atoms with Crippen LogP contribution in [0.5, 0.6) is 5.75 Å². The Morgan fingerprint density at radius 2 is 1.78 bits per heavy atom. The van der Waals surface area contributed by atoms with Crippen molar-refractivity contribution in [2.75, 3.05) is 5.32 Å². The molecule has 0 atom stereocenters. The maximum atomic E-state index is 5.98. The molecule has 1 aromatic heterocycles. The summed E-state index contributed by atoms with van der Waals surface area (Å²) >= 11 is 0. The summed E-state index contributed by atoms with van der Waals surface area (Å²) in [5, 5.41) is 5.68. The number of fused-ring (bicyclic) bond motifs is 1. The van der Waals surface area contributed by atoms with Crippen LogP contribution in [0.3, 0.4) is 0 Å². The van der Waals surface area contributed by atoms with Crippen LogP contribution in [0.4, 0.5) is 5.95 Å². The Morgan fingerprint density at radius 1 is 1.04 bits per heavy atom. The van der Waals surface area contributed by atoms with E-state index < -0.39 is 0 Å². The van der Waals surface area contributed by atoms with Crippen LogP contribution in [0.15, 0.2) is 48.8 Å². The van der Waals surface area contributed by atoms with Crippen LogP contribution in [0, 0.1) is 6.92 Å². The van der Waals surface area contributed by atoms with Crippen molar-refractivity contribution in [3.63, 3.8) is 0 Å². The van der Waals surface area contributed by atoms with E-state index in [0.29, 0.717) is 12.5 Å². The molecule has 118 valence electrons. The molecular formula is C19H21N3O. The fourth-order valence-corrected chi connectivity index (χ4v) is 2.51. The summed E-state index contributed by atoms with van der Waals surface area (Å²) in [5.41, 5.74) is 2.17. The molecule has 1 heterocycles. The molecule has 0 radical (unpaired) electrons. The molecule has 0 amide bonds. The monoisotopic (exact) mass is 307 g/mol. The summed E-state index contributed by atoms with van der Waals surface area (Å²) in [7, 11) is 0. The van der Waals surface area contributed by atoms with Gasteiger partial charge in [0.1, 0.15) is 5.75 Å². The third-order valence-electron chi connectivity index (χ3n) is 3.56. The SMILES string of the molecule is Cc1cnc(NCc2c(OC(C)C)ccc3ccccc23)nc1. The molecule has 4 heteroatoms. The van der Waals surface area contributed by atoms with E-state index in [1.54, 1.807) is 0 Å². The predicted molar refractivity (Wildman–Crippen MR) is 93.8 cm³/mol. The van der Waals surface area contributed by atoms with Gasteiger partial charge in [0.25, 0.3) is 0 Å². The van der Waals surface area contributed by atoms with Crippen LogP contribution in [-0.4, -0.2) is 16.1 Å². The zero-order valence-corrected chi connectivity index (χ0v) is 13.7. The predicted octanol–water partition coefficient (Wildman–Crippen LogP) is 4.34. The largest absolute Gasteiger partial charge is 0.491 e. The lowest BCUT2D eigenvalue weighted by Crippen LogP contribution is -2.10. The van der Waals surface area contributed by atoms with Gasteiger partial charge in [-0.1, -0.05) is 30.3 Å². The van der Waals surface area contributed by atoms with E-state index in [1.807, 2.05) is 51.4 Å². The summed E-state index contributed by atoms with van der Waals surface area (Å²) < 4.78 is 5.98. The lowest BCUT2D eigenvalue weighted by Gasteiger charge is -2.17. The van der Waals surface area contributed by atoms with Crippen LogP contribution in [-0.2, 0) is 6.54 Å². The van der Waals surface area contributed by atoms with E-state index >= 15 is 0 Å². The quantitative estimate of drug-likeness (QED) is 0.762. The summed E-state index contributed by atoms with van der Waals surface area (Å²) in [5.74, 6) is 1.53. The Morgan fingerprint density at radius 3 is 2.52 bits per heavy atom. The number of aromatic nitrogens is 2. The maximum absolute atomic E-state index is 5.98. The smallest absolute Gasteiger partial charge is 0.222 e. The Hall–Kier alpha value is -2.62. The molecule has 3 aromatic rings. The van der Waals surface area contributed by atoms with Crippen LogP contribution in [0.1, 0.15) is 25.0 Å². The summed E-state index contributed by atoms with van der Waals surface area (Å²) in [6.07, 6.45) is 3.75. The minimum atomic E-state index is 0.130. The van der Waals surface area contributed by atoms with Gasteiger partial charge >= 0.3 is 0 Å². The van der Waals surface area contributed by atoms with Crippen molar-refractivity contribution in [3.8, 4) is 5.75 Å². The highest BCUT2D eigenvalue weighted by molar-refractivity contribution is 5.88. The molecule has 0 spiro atoms. The number of nitrogens with one attached hydrogen (secondary N) is 1. The first kappa shape index (κ1) is 15.3. The summed E-state index contributed by atoms with van der Waals surface area (Å²) in [4.78, 5) is 8.60. The van der Waals surface area contributed by atoms with Crippen molar-refractivity contribution < 1.29 is 4.74 Å². The van der Waals surface area contributed by atoms with Crippen LogP contribution < -0.4 is 10.1 Å². The molecule has 3 rings (SSSR count). The Kier molecular flexibility index (Phi) is 4.42. The van der Waals surface area contributed by atoms with E-state index in [1.165, 1.54) is 10.8 Å². The average molecular weight is 307 g/mol. The normalized spacial score (nSPS) is 11.0. The Bertz CT molecular complexity index is 797. The second-order valence-electron chi connectivity index (χ2n) is 5.87. The van der Waals surface area contributed by atoms with Gasteiger partial charge in [0.2, 0.25) is 5.95 Å². The minimum Gasteiger partial charge on any atom is -0.491 e. The van der Waals surface area contributed by atoms with Gasteiger partial charge < -0.3 is 10.1 Å². The number of anilines is 1. The molecule has 0 saturated heterocycles. The standard InChI is InChI=1S/C19H21N3O/c1-13(2)23-18-9-8-15-6-4-5-7-16(15)17(18)12-22-19-20-10-14(3)11-21-19/h4-11,13H,12H2,1-3H3,(H,20,21,22). The molecule has 0 aliphatic carbocycles. The highest BCUT2D eigenvalue weighted by atomic mass is 16.5. The summed E-state index contributed by atoms with van der Waals surface area (Å²) in [6, 6.07) is 12.5. The molecule has 0 fully saturated rings. The molecule has 4 nitrogen and oxygen atoms in total. The molecule has 0 bridgehead atoms. The number of hydrogen-bond acceptors (Lipinski definition) is 4. The number of hydrogen-bond donors (Lipinski definition) is 1. The average Bonchev–Trinajstić information content (AvgIpc) is 2.55. The van der Waals surface area contributed by atoms with Crippen molar-refractivity contribution in [1.82, 2.24) is 9.97 Å². The number of benzene rings is 2. The van der Waals surface area contributed by atoms with Gasteiger partial charge in [0, 0.05) is 24.5 Å². The van der Waals surface area contributed by atoms with Crippen LogP contribution >= 0.6 is 0 Å². The number of nitrogens with zero attached hydrogens (tertiary/aromatic N) is 2. The second-order valence-corrected chi connectivity index (χ2v) is 5.87. The van der Waals surface area contributed by atoms with E-state index in [9.17, 15) is 0 Å². The number of rotatable bonds is 5. The van der Waals surface area contributed by atoms with Gasteiger partial charge in [-0.05, 0) is 43.2 Å². The molecule has 23 heavy (non-hydrogen) atoms. The highest BCUT2D eigenvalue weighted by Crippen LogP contribution is 2.29. The second kappa shape index (κ2) is 6.65. The summed E-state index contributed by atoms with van der Waals surface area (Å²) in [6.45, 7) is 6.67. The third kappa shape index (κ3) is 3.59. The van der Waals surface area contributed by atoms with Crippen molar-refractivity contribution in [2.45, 2.75) is 33.4 Å². The molecule has 0 aliphatic heterocycles. The zero-order valence-electron chi connectivity index (χ0n) is 13.7.